The van der Waals surface area contributed by atoms with Crippen molar-refractivity contribution in [2.75, 3.05) is 0 Å². The lowest BCUT2D eigenvalue weighted by molar-refractivity contribution is 0.558. The summed E-state index contributed by atoms with van der Waals surface area (Å²) < 4.78 is 29.3. The molecule has 0 spiro atoms. The topological polar surface area (TPSA) is 101 Å². The van der Waals surface area contributed by atoms with Crippen LogP contribution in [0, 0.1) is 5.92 Å². The van der Waals surface area contributed by atoms with E-state index in [0.717, 1.165) is 25.7 Å². The van der Waals surface area contributed by atoms with Gasteiger partial charge in [0, 0.05) is 12.1 Å². The predicted octanol–water partition coefficient (Wildman–Crippen LogP) is 1.58. The Hall–Kier alpha value is -1.64. The molecule has 25 heavy (non-hydrogen) atoms. The molecule has 1 heterocycles. The zero-order chi connectivity index (χ0) is 18.0. The molecule has 0 aliphatic heterocycles. The highest BCUT2D eigenvalue weighted by molar-refractivity contribution is 7.89. The first-order chi connectivity index (χ1) is 11.7. The molecule has 0 amide bonds. The van der Waals surface area contributed by atoms with Crippen LogP contribution < -0.4 is 16.0 Å². The number of nitrogens with zero attached hydrogens (tertiary/aromatic N) is 1. The Labute approximate surface area is 149 Å². The third-order valence-electron chi connectivity index (χ3n) is 4.86. The summed E-state index contributed by atoms with van der Waals surface area (Å²) in [4.78, 5) is 26.5. The van der Waals surface area contributed by atoms with E-state index in [0.29, 0.717) is 18.0 Å². The third-order valence-corrected chi connectivity index (χ3v) is 6.96. The Balaban J connectivity index is 1.89. The molecular formula is C16H18ClN3O4S. The summed E-state index contributed by atoms with van der Waals surface area (Å²) in [6, 6.07) is 2.66. The number of rotatable bonds is 5. The number of halogens is 1. The van der Waals surface area contributed by atoms with Crippen molar-refractivity contribution in [1.29, 1.82) is 0 Å². The lowest BCUT2D eigenvalue weighted by atomic mass is 10.2. The molecule has 7 nitrogen and oxygen atoms in total. The Kier molecular flexibility index (Phi) is 3.65. The van der Waals surface area contributed by atoms with Gasteiger partial charge in [0.2, 0.25) is 10.0 Å². The standard InChI is InChI=1S/C16H18ClN3O4S/c1-16(4-5-16)19-25(23,24)13-6-10-12(7-11(13)17)20(8-9-2-3-9)15(22)18-14(10)21/h6-7,9,19H,2-5,8H2,1H3,(H,18,21,22). The van der Waals surface area contributed by atoms with Gasteiger partial charge in [-0.15, -0.1) is 0 Å². The maximum Gasteiger partial charge on any atom is 0.328 e. The molecule has 2 aliphatic carbocycles. The number of aromatic amines is 1. The SMILES string of the molecule is CC1(NS(=O)(=O)c2cc3c(=O)[nH]c(=O)n(CC4CC4)c3cc2Cl)CC1. The van der Waals surface area contributed by atoms with Crippen LogP contribution in [0.2, 0.25) is 5.02 Å². The van der Waals surface area contributed by atoms with Crippen LogP contribution in [-0.4, -0.2) is 23.5 Å². The molecule has 134 valence electrons. The zero-order valence-electron chi connectivity index (χ0n) is 13.6. The van der Waals surface area contributed by atoms with Gasteiger partial charge in [0.25, 0.3) is 5.56 Å². The van der Waals surface area contributed by atoms with Crippen LogP contribution in [-0.2, 0) is 16.6 Å². The molecule has 0 bridgehead atoms. The lowest BCUT2D eigenvalue weighted by Crippen LogP contribution is -2.35. The van der Waals surface area contributed by atoms with E-state index in [1.54, 1.807) is 0 Å². The van der Waals surface area contributed by atoms with Crippen LogP contribution in [0.1, 0.15) is 32.6 Å². The van der Waals surface area contributed by atoms with Crippen LogP contribution in [0.15, 0.2) is 26.6 Å². The van der Waals surface area contributed by atoms with Gasteiger partial charge in [-0.2, -0.15) is 0 Å². The fraction of sp³-hybridized carbons (Fsp3) is 0.500. The molecule has 0 unspecified atom stereocenters. The molecule has 9 heteroatoms. The summed E-state index contributed by atoms with van der Waals surface area (Å²) in [5.41, 5.74) is -1.20. The number of hydrogen-bond donors (Lipinski definition) is 2. The number of aromatic nitrogens is 2. The first-order valence-electron chi connectivity index (χ1n) is 8.19. The minimum Gasteiger partial charge on any atom is -0.293 e. The predicted molar refractivity (Wildman–Crippen MR) is 94.5 cm³/mol. The Bertz CT molecular complexity index is 1090. The van der Waals surface area contributed by atoms with E-state index in [1.165, 1.54) is 16.7 Å². The van der Waals surface area contributed by atoms with Crippen molar-refractivity contribution in [3.63, 3.8) is 0 Å². The normalized spacial score (nSPS) is 19.3. The maximum absolute atomic E-state index is 12.6. The van der Waals surface area contributed by atoms with E-state index < -0.39 is 26.8 Å². The lowest BCUT2D eigenvalue weighted by Gasteiger charge is -2.15. The molecular weight excluding hydrogens is 366 g/mol. The average molecular weight is 384 g/mol. The van der Waals surface area contributed by atoms with Crippen LogP contribution in [0.4, 0.5) is 0 Å². The van der Waals surface area contributed by atoms with Gasteiger partial charge in [-0.1, -0.05) is 11.6 Å². The van der Waals surface area contributed by atoms with Gasteiger partial charge < -0.3 is 0 Å². The van der Waals surface area contributed by atoms with Crippen molar-refractivity contribution in [2.45, 2.75) is 49.6 Å². The molecule has 2 N–H and O–H groups in total. The van der Waals surface area contributed by atoms with E-state index in [-0.39, 0.29) is 15.3 Å². The second kappa shape index (κ2) is 5.43. The molecule has 4 rings (SSSR count). The summed E-state index contributed by atoms with van der Waals surface area (Å²) >= 11 is 6.22. The van der Waals surface area contributed by atoms with Gasteiger partial charge in [-0.3, -0.25) is 14.3 Å². The third kappa shape index (κ3) is 3.14. The van der Waals surface area contributed by atoms with Gasteiger partial charge in [0.1, 0.15) is 4.90 Å². The van der Waals surface area contributed by atoms with Crippen molar-refractivity contribution >= 4 is 32.5 Å². The number of hydrogen-bond acceptors (Lipinski definition) is 4. The van der Waals surface area contributed by atoms with Gasteiger partial charge in [-0.25, -0.2) is 17.9 Å². The maximum atomic E-state index is 12.6. The van der Waals surface area contributed by atoms with Gasteiger partial charge in [0.15, 0.2) is 0 Å². The monoisotopic (exact) mass is 383 g/mol. The summed E-state index contributed by atoms with van der Waals surface area (Å²) in [7, 11) is -3.85. The summed E-state index contributed by atoms with van der Waals surface area (Å²) in [6.07, 6.45) is 3.60. The fourth-order valence-corrected chi connectivity index (χ4v) is 4.92. The van der Waals surface area contributed by atoms with Crippen LogP contribution in [0.25, 0.3) is 10.9 Å². The second-order valence-electron chi connectivity index (χ2n) is 7.28. The van der Waals surface area contributed by atoms with Gasteiger partial charge >= 0.3 is 5.69 Å². The summed E-state index contributed by atoms with van der Waals surface area (Å²) in [5, 5.41) is 0.143. The molecule has 0 atom stereocenters. The number of fused-ring (bicyclic) bond motifs is 1. The molecule has 2 aromatic rings. The molecule has 0 saturated heterocycles. The van der Waals surface area contributed by atoms with E-state index in [4.69, 9.17) is 11.6 Å². The second-order valence-corrected chi connectivity index (χ2v) is 9.34. The van der Waals surface area contributed by atoms with Crippen molar-refractivity contribution in [1.82, 2.24) is 14.3 Å². The van der Waals surface area contributed by atoms with Crippen LogP contribution in [0.5, 0.6) is 0 Å². The summed E-state index contributed by atoms with van der Waals surface area (Å²) in [5.74, 6) is 0.408. The highest BCUT2D eigenvalue weighted by Crippen LogP contribution is 2.37. The number of H-pyrrole nitrogens is 1. The quantitative estimate of drug-likeness (QED) is 0.818. The summed E-state index contributed by atoms with van der Waals surface area (Å²) in [6.45, 7) is 2.31. The van der Waals surface area contributed by atoms with Crippen molar-refractivity contribution in [2.24, 2.45) is 5.92 Å². The Morgan fingerprint density at radius 3 is 2.60 bits per heavy atom. The molecule has 2 saturated carbocycles. The fourth-order valence-electron chi connectivity index (χ4n) is 2.90. The minimum atomic E-state index is -3.85. The smallest absolute Gasteiger partial charge is 0.293 e. The molecule has 2 aliphatic rings. The minimum absolute atomic E-state index is 0.00111. The molecule has 1 aromatic heterocycles. The first-order valence-corrected chi connectivity index (χ1v) is 10.0. The van der Waals surface area contributed by atoms with E-state index in [2.05, 4.69) is 9.71 Å². The first kappa shape index (κ1) is 16.8. The van der Waals surface area contributed by atoms with Crippen LogP contribution in [0.3, 0.4) is 0 Å². The van der Waals surface area contributed by atoms with Crippen molar-refractivity contribution in [3.8, 4) is 0 Å². The molecule has 2 fully saturated rings. The van der Waals surface area contributed by atoms with Gasteiger partial charge in [-0.05, 0) is 50.7 Å². The Morgan fingerprint density at radius 1 is 1.32 bits per heavy atom. The van der Waals surface area contributed by atoms with E-state index in [1.807, 2.05) is 6.92 Å². The van der Waals surface area contributed by atoms with Crippen molar-refractivity contribution < 1.29 is 8.42 Å². The van der Waals surface area contributed by atoms with E-state index in [9.17, 15) is 18.0 Å². The molecule has 0 radical (unpaired) electrons. The van der Waals surface area contributed by atoms with Crippen molar-refractivity contribution in [3.05, 3.63) is 38.0 Å². The highest BCUT2D eigenvalue weighted by Gasteiger charge is 2.41. The average Bonchev–Trinajstić information content (AvgIpc) is 3.41. The molecule has 1 aromatic carbocycles. The Morgan fingerprint density at radius 2 is 2.00 bits per heavy atom. The number of benzene rings is 1. The number of nitrogens with one attached hydrogen (secondary N) is 2. The zero-order valence-corrected chi connectivity index (χ0v) is 15.2. The largest absolute Gasteiger partial charge is 0.328 e. The highest BCUT2D eigenvalue weighted by atomic mass is 35.5. The van der Waals surface area contributed by atoms with Crippen LogP contribution >= 0.6 is 11.6 Å². The van der Waals surface area contributed by atoms with E-state index >= 15 is 0 Å². The van der Waals surface area contributed by atoms with Gasteiger partial charge in [0.05, 0.1) is 15.9 Å². The number of sulfonamides is 1.